The number of fused-ring (bicyclic) bond motifs is 1. The summed E-state index contributed by atoms with van der Waals surface area (Å²) in [6, 6.07) is 5.62. The first-order valence-electron chi connectivity index (χ1n) is 7.54. The second-order valence-electron chi connectivity index (χ2n) is 6.04. The maximum absolute atomic E-state index is 5.78. The molecule has 0 saturated heterocycles. The van der Waals surface area contributed by atoms with Crippen LogP contribution in [0.5, 0.6) is 0 Å². The van der Waals surface area contributed by atoms with E-state index in [1.165, 1.54) is 32.1 Å². The van der Waals surface area contributed by atoms with E-state index in [1.807, 2.05) is 18.2 Å². The molecular weight excluding hydrogens is 250 g/mol. The zero-order valence-electron chi connectivity index (χ0n) is 12.1. The summed E-state index contributed by atoms with van der Waals surface area (Å²) in [5.41, 5.74) is 8.15. The number of hydrogen-bond donors (Lipinski definition) is 1. The van der Waals surface area contributed by atoms with Crippen molar-refractivity contribution in [2.24, 2.45) is 5.92 Å². The van der Waals surface area contributed by atoms with Crippen LogP contribution in [0.4, 0.5) is 5.69 Å². The van der Waals surface area contributed by atoms with Gasteiger partial charge in [-0.2, -0.15) is 0 Å². The summed E-state index contributed by atoms with van der Waals surface area (Å²) in [5, 5.41) is 0. The lowest BCUT2D eigenvalue weighted by molar-refractivity contribution is 0.214. The van der Waals surface area contributed by atoms with E-state index in [2.05, 4.69) is 16.9 Å². The molecule has 1 fully saturated rings. The summed E-state index contributed by atoms with van der Waals surface area (Å²) in [7, 11) is 2.15. The Labute approximate surface area is 120 Å². The summed E-state index contributed by atoms with van der Waals surface area (Å²) in [6.07, 6.45) is 6.93. The van der Waals surface area contributed by atoms with Crippen molar-refractivity contribution in [3.05, 3.63) is 24.1 Å². The van der Waals surface area contributed by atoms with Crippen molar-refractivity contribution >= 4 is 16.8 Å². The largest absolute Gasteiger partial charge is 0.439 e. The predicted molar refractivity (Wildman–Crippen MR) is 81.3 cm³/mol. The van der Waals surface area contributed by atoms with Crippen LogP contribution < -0.4 is 5.73 Å². The average Bonchev–Trinajstić information content (AvgIpc) is 2.80. The molecule has 1 aliphatic rings. The fourth-order valence-electron chi connectivity index (χ4n) is 3.16. The lowest BCUT2D eigenvalue weighted by Gasteiger charge is -2.26. The molecule has 0 unspecified atom stereocenters. The Morgan fingerprint density at radius 3 is 2.90 bits per heavy atom. The van der Waals surface area contributed by atoms with Crippen LogP contribution in [-0.4, -0.2) is 23.5 Å². The fraction of sp³-hybridized carbons (Fsp3) is 0.562. The second-order valence-corrected chi connectivity index (χ2v) is 6.04. The highest BCUT2D eigenvalue weighted by Gasteiger charge is 2.16. The molecule has 1 aromatic carbocycles. The zero-order valence-corrected chi connectivity index (χ0v) is 12.1. The molecule has 1 heterocycles. The van der Waals surface area contributed by atoms with Crippen LogP contribution in [0.1, 0.15) is 38.0 Å². The van der Waals surface area contributed by atoms with E-state index in [0.717, 1.165) is 41.7 Å². The summed E-state index contributed by atoms with van der Waals surface area (Å²) < 4.78 is 5.78. The molecule has 20 heavy (non-hydrogen) atoms. The normalized spacial score (nSPS) is 17.1. The van der Waals surface area contributed by atoms with Crippen LogP contribution in [0, 0.1) is 5.92 Å². The number of aromatic nitrogens is 1. The molecule has 0 radical (unpaired) electrons. The Kier molecular flexibility index (Phi) is 3.92. The van der Waals surface area contributed by atoms with Crippen LogP contribution in [0.25, 0.3) is 11.1 Å². The van der Waals surface area contributed by atoms with E-state index < -0.39 is 0 Å². The number of nitrogens with two attached hydrogens (primary N) is 1. The summed E-state index contributed by atoms with van der Waals surface area (Å²) in [6.45, 7) is 1.91. The lowest BCUT2D eigenvalue weighted by atomic mass is 9.89. The summed E-state index contributed by atoms with van der Waals surface area (Å²) in [5.74, 6) is 1.62. The Bertz CT molecular complexity index is 572. The Morgan fingerprint density at radius 1 is 1.30 bits per heavy atom. The van der Waals surface area contributed by atoms with Gasteiger partial charge >= 0.3 is 0 Å². The number of hydrogen-bond acceptors (Lipinski definition) is 4. The number of anilines is 1. The highest BCUT2D eigenvalue weighted by Crippen LogP contribution is 2.25. The third kappa shape index (κ3) is 3.12. The minimum atomic E-state index is 0.718. The van der Waals surface area contributed by atoms with Crippen LogP contribution >= 0.6 is 0 Å². The number of benzene rings is 1. The monoisotopic (exact) mass is 273 g/mol. The van der Waals surface area contributed by atoms with Crippen molar-refractivity contribution in [2.45, 2.75) is 38.6 Å². The standard InChI is InChI=1S/C16H23N3O/c1-19(10-12-5-3-2-4-6-12)11-16-18-14-8-7-13(17)9-15(14)20-16/h7-9,12H,2-6,10-11,17H2,1H3. The molecule has 1 aromatic heterocycles. The molecule has 1 saturated carbocycles. The van der Waals surface area contributed by atoms with E-state index in [0.29, 0.717) is 0 Å². The topological polar surface area (TPSA) is 55.3 Å². The maximum Gasteiger partial charge on any atom is 0.209 e. The van der Waals surface area contributed by atoms with E-state index in [-0.39, 0.29) is 0 Å². The Balaban J connectivity index is 1.63. The predicted octanol–water partition coefficient (Wildman–Crippen LogP) is 3.42. The van der Waals surface area contributed by atoms with Gasteiger partial charge in [-0.25, -0.2) is 4.98 Å². The van der Waals surface area contributed by atoms with Gasteiger partial charge in [0.15, 0.2) is 5.58 Å². The van der Waals surface area contributed by atoms with Gasteiger partial charge < -0.3 is 10.2 Å². The van der Waals surface area contributed by atoms with Gasteiger partial charge in [0, 0.05) is 18.3 Å². The fourth-order valence-corrected chi connectivity index (χ4v) is 3.16. The molecule has 3 rings (SSSR count). The Morgan fingerprint density at radius 2 is 2.10 bits per heavy atom. The zero-order chi connectivity index (χ0) is 13.9. The van der Waals surface area contributed by atoms with Crippen LogP contribution in [0.3, 0.4) is 0 Å². The van der Waals surface area contributed by atoms with Crippen LogP contribution in [0.15, 0.2) is 22.6 Å². The molecule has 4 nitrogen and oxygen atoms in total. The van der Waals surface area contributed by atoms with Crippen molar-refractivity contribution in [3.8, 4) is 0 Å². The first kappa shape index (κ1) is 13.4. The minimum Gasteiger partial charge on any atom is -0.439 e. The smallest absolute Gasteiger partial charge is 0.209 e. The molecule has 2 N–H and O–H groups in total. The van der Waals surface area contributed by atoms with Gasteiger partial charge in [-0.3, -0.25) is 4.90 Å². The van der Waals surface area contributed by atoms with Crippen LogP contribution in [0.2, 0.25) is 0 Å². The molecule has 4 heteroatoms. The van der Waals surface area contributed by atoms with Gasteiger partial charge in [0.25, 0.3) is 0 Å². The highest BCUT2D eigenvalue weighted by molar-refractivity contribution is 5.76. The van der Waals surface area contributed by atoms with E-state index in [1.54, 1.807) is 0 Å². The van der Waals surface area contributed by atoms with E-state index in [4.69, 9.17) is 10.2 Å². The quantitative estimate of drug-likeness (QED) is 0.867. The molecule has 108 valence electrons. The molecule has 1 aliphatic carbocycles. The molecule has 0 spiro atoms. The number of nitrogen functional groups attached to an aromatic ring is 1. The Hall–Kier alpha value is -1.55. The number of nitrogens with zero attached hydrogens (tertiary/aromatic N) is 2. The van der Waals surface area contributed by atoms with Crippen LogP contribution in [-0.2, 0) is 6.54 Å². The molecule has 0 amide bonds. The minimum absolute atomic E-state index is 0.718. The van der Waals surface area contributed by atoms with Crippen molar-refractivity contribution in [1.29, 1.82) is 0 Å². The summed E-state index contributed by atoms with van der Waals surface area (Å²) >= 11 is 0. The molecule has 0 bridgehead atoms. The van der Waals surface area contributed by atoms with Crippen molar-refractivity contribution in [1.82, 2.24) is 9.88 Å². The lowest BCUT2D eigenvalue weighted by Crippen LogP contribution is -2.26. The van der Waals surface area contributed by atoms with Gasteiger partial charge in [0.1, 0.15) is 5.52 Å². The molecular formula is C16H23N3O. The SMILES string of the molecule is CN(Cc1nc2ccc(N)cc2o1)CC1CCCCC1. The molecule has 0 atom stereocenters. The molecule has 2 aromatic rings. The number of oxazole rings is 1. The third-order valence-corrected chi connectivity index (χ3v) is 4.16. The van der Waals surface area contributed by atoms with Crippen molar-refractivity contribution in [2.75, 3.05) is 19.3 Å². The second kappa shape index (κ2) is 5.83. The van der Waals surface area contributed by atoms with Gasteiger partial charge in [0.2, 0.25) is 5.89 Å². The summed E-state index contributed by atoms with van der Waals surface area (Å²) in [4.78, 5) is 6.85. The van der Waals surface area contributed by atoms with Gasteiger partial charge in [-0.15, -0.1) is 0 Å². The maximum atomic E-state index is 5.78. The van der Waals surface area contributed by atoms with Crippen molar-refractivity contribution in [3.63, 3.8) is 0 Å². The third-order valence-electron chi connectivity index (χ3n) is 4.16. The van der Waals surface area contributed by atoms with E-state index >= 15 is 0 Å². The number of rotatable bonds is 4. The van der Waals surface area contributed by atoms with Gasteiger partial charge in [-0.1, -0.05) is 19.3 Å². The first-order valence-corrected chi connectivity index (χ1v) is 7.54. The highest BCUT2D eigenvalue weighted by atomic mass is 16.3. The average molecular weight is 273 g/mol. The molecule has 0 aliphatic heterocycles. The van der Waals surface area contributed by atoms with Gasteiger partial charge in [-0.05, 0) is 37.9 Å². The van der Waals surface area contributed by atoms with Gasteiger partial charge in [0.05, 0.1) is 6.54 Å². The van der Waals surface area contributed by atoms with E-state index in [9.17, 15) is 0 Å². The van der Waals surface area contributed by atoms with Crippen molar-refractivity contribution < 1.29 is 4.42 Å². The first-order chi connectivity index (χ1) is 9.70.